The number of nitrogens with two attached hydrogens (primary N) is 1. The molecule has 0 spiro atoms. The molecule has 2 heterocycles. The van der Waals surface area contributed by atoms with E-state index in [1.807, 2.05) is 39.8 Å². The molecule has 1 aromatic heterocycles. The molecule has 1 saturated heterocycles. The van der Waals surface area contributed by atoms with Crippen molar-refractivity contribution in [3.8, 4) is 0 Å². The Labute approximate surface area is 218 Å². The number of alkyl carbamates (subject to hydrolysis) is 1. The number of hydrogen-bond acceptors (Lipinski definition) is 6. The first-order valence-electron chi connectivity index (χ1n) is 13.5. The highest BCUT2D eigenvalue weighted by molar-refractivity contribution is 5.81. The second kappa shape index (κ2) is 9.17. The zero-order valence-corrected chi connectivity index (χ0v) is 22.4. The first kappa shape index (κ1) is 25.8. The van der Waals surface area contributed by atoms with Crippen LogP contribution in [0.25, 0.3) is 0 Å². The molecule has 0 radical (unpaired) electrons. The van der Waals surface area contributed by atoms with Gasteiger partial charge in [0.2, 0.25) is 5.91 Å². The van der Waals surface area contributed by atoms with Gasteiger partial charge in [0.15, 0.2) is 0 Å². The molecule has 1 aliphatic heterocycles. The number of nitrogens with one attached hydrogen (secondary N) is 1. The summed E-state index contributed by atoms with van der Waals surface area (Å²) >= 11 is 0. The van der Waals surface area contributed by atoms with Crippen molar-refractivity contribution in [1.29, 1.82) is 0 Å². The maximum atomic E-state index is 13.4. The Balaban J connectivity index is 1.29. The third-order valence-corrected chi connectivity index (χ3v) is 8.83. The second-order valence-electron chi connectivity index (χ2n) is 13.0. The van der Waals surface area contributed by atoms with Crippen LogP contribution >= 0.6 is 0 Å². The lowest BCUT2D eigenvalue weighted by Gasteiger charge is -2.58. The van der Waals surface area contributed by atoms with Crippen LogP contribution in [-0.4, -0.2) is 58.3 Å². The van der Waals surface area contributed by atoms with Gasteiger partial charge in [-0.15, -0.1) is 0 Å². The molecule has 4 saturated carbocycles. The summed E-state index contributed by atoms with van der Waals surface area (Å²) in [5.41, 5.74) is 6.04. The SMILES string of the molecule is Cc1cc(C[C@@]2(NC(=O)OC(C)(C)C)CCN(C(=O)OC3C4CC5CC3CC(C(N)=O)(C5)C4)C2)ccn1. The van der Waals surface area contributed by atoms with E-state index in [1.165, 1.54) is 0 Å². The summed E-state index contributed by atoms with van der Waals surface area (Å²) < 4.78 is 11.7. The summed E-state index contributed by atoms with van der Waals surface area (Å²) in [5, 5.41) is 3.09. The molecule has 1 aromatic rings. The largest absolute Gasteiger partial charge is 0.446 e. The number of carbonyl (C=O) groups is 3. The summed E-state index contributed by atoms with van der Waals surface area (Å²) in [4.78, 5) is 44.5. The minimum Gasteiger partial charge on any atom is -0.446 e. The number of hydrogen-bond donors (Lipinski definition) is 2. The normalized spacial score (nSPS) is 34.3. The monoisotopic (exact) mass is 512 g/mol. The van der Waals surface area contributed by atoms with E-state index in [-0.39, 0.29) is 29.9 Å². The van der Waals surface area contributed by atoms with Crippen molar-refractivity contribution < 1.29 is 23.9 Å². The lowest BCUT2D eigenvalue weighted by Crippen LogP contribution is -2.59. The van der Waals surface area contributed by atoms with Gasteiger partial charge in [-0.2, -0.15) is 0 Å². The van der Waals surface area contributed by atoms with Crippen LogP contribution in [0.2, 0.25) is 0 Å². The maximum Gasteiger partial charge on any atom is 0.410 e. The van der Waals surface area contributed by atoms with Crippen LogP contribution in [0, 0.1) is 30.1 Å². The van der Waals surface area contributed by atoms with Crippen LogP contribution < -0.4 is 11.1 Å². The fraction of sp³-hybridized carbons (Fsp3) is 0.714. The van der Waals surface area contributed by atoms with Crippen LogP contribution in [-0.2, 0) is 20.7 Å². The second-order valence-corrected chi connectivity index (χ2v) is 13.0. The molecule has 4 aliphatic carbocycles. The lowest BCUT2D eigenvalue weighted by molar-refractivity contribution is -0.161. The zero-order chi connectivity index (χ0) is 26.6. The summed E-state index contributed by atoms with van der Waals surface area (Å²) in [7, 11) is 0. The molecule has 0 aromatic carbocycles. The minimum absolute atomic E-state index is 0.173. The van der Waals surface area contributed by atoms with Crippen molar-refractivity contribution in [2.24, 2.45) is 28.9 Å². The van der Waals surface area contributed by atoms with E-state index in [9.17, 15) is 14.4 Å². The summed E-state index contributed by atoms with van der Waals surface area (Å²) in [5.74, 6) is 0.686. The van der Waals surface area contributed by atoms with Crippen molar-refractivity contribution in [3.05, 3.63) is 29.6 Å². The summed E-state index contributed by atoms with van der Waals surface area (Å²) in [6, 6.07) is 3.94. The number of ether oxygens (including phenoxy) is 2. The van der Waals surface area contributed by atoms with Gasteiger partial charge in [-0.3, -0.25) is 9.78 Å². The lowest BCUT2D eigenvalue weighted by atomic mass is 9.48. The fourth-order valence-electron chi connectivity index (χ4n) is 7.61. The summed E-state index contributed by atoms with van der Waals surface area (Å²) in [6.45, 7) is 8.24. The van der Waals surface area contributed by atoms with Gasteiger partial charge in [0.1, 0.15) is 11.7 Å². The van der Waals surface area contributed by atoms with Crippen LogP contribution in [0.3, 0.4) is 0 Å². The van der Waals surface area contributed by atoms with Crippen LogP contribution in [0.5, 0.6) is 0 Å². The highest BCUT2D eigenvalue weighted by Crippen LogP contribution is 2.60. The standard InChI is InChI=1S/C28H40N4O5/c1-17-9-18(5-7-30-17)13-28(31-24(34)37-26(2,3)4)6-8-32(16-28)25(35)36-22-20-10-19-11-21(22)15-27(12-19,14-20)23(29)33/h5,7,9,19-22H,6,8,10-16H2,1-4H3,(H2,29,33)(H,31,34)/t19?,20?,21?,22?,27?,28-/m0/s1. The quantitative estimate of drug-likeness (QED) is 0.620. The van der Waals surface area contributed by atoms with Gasteiger partial charge < -0.3 is 25.4 Å². The van der Waals surface area contributed by atoms with Gasteiger partial charge in [-0.05, 0) is 108 Å². The van der Waals surface area contributed by atoms with Crippen molar-refractivity contribution in [2.45, 2.75) is 89.9 Å². The van der Waals surface area contributed by atoms with E-state index in [2.05, 4.69) is 10.3 Å². The Morgan fingerprint density at radius 1 is 1.19 bits per heavy atom. The minimum atomic E-state index is -0.671. The number of amides is 3. The van der Waals surface area contributed by atoms with E-state index in [4.69, 9.17) is 15.2 Å². The first-order valence-corrected chi connectivity index (χ1v) is 13.5. The van der Waals surface area contributed by atoms with Crippen LogP contribution in [0.4, 0.5) is 9.59 Å². The van der Waals surface area contributed by atoms with Gasteiger partial charge in [-0.1, -0.05) is 0 Å². The van der Waals surface area contributed by atoms with Crippen LogP contribution in [0.1, 0.15) is 70.6 Å². The number of carbonyl (C=O) groups excluding carboxylic acids is 3. The number of pyridine rings is 1. The smallest absolute Gasteiger partial charge is 0.410 e. The fourth-order valence-corrected chi connectivity index (χ4v) is 7.61. The molecule has 5 fully saturated rings. The zero-order valence-electron chi connectivity index (χ0n) is 22.4. The van der Waals surface area contributed by atoms with Gasteiger partial charge in [0.05, 0.1) is 11.0 Å². The maximum absolute atomic E-state index is 13.4. The molecule has 4 bridgehead atoms. The summed E-state index contributed by atoms with van der Waals surface area (Å²) in [6.07, 6.45) is 6.21. The molecule has 9 heteroatoms. The molecule has 6 rings (SSSR count). The first-order chi connectivity index (χ1) is 17.4. The van der Waals surface area contributed by atoms with E-state index >= 15 is 0 Å². The molecular formula is C28H40N4O5. The highest BCUT2D eigenvalue weighted by atomic mass is 16.6. The molecule has 202 valence electrons. The molecule has 2 unspecified atom stereocenters. The van der Waals surface area contributed by atoms with E-state index in [0.29, 0.717) is 31.8 Å². The Morgan fingerprint density at radius 3 is 2.51 bits per heavy atom. The molecule has 5 aliphatic rings. The Bertz CT molecular complexity index is 1070. The molecule has 3 N–H and O–H groups in total. The number of aromatic nitrogens is 1. The molecule has 3 amide bonds. The Kier molecular flexibility index (Phi) is 6.39. The van der Waals surface area contributed by atoms with Gasteiger partial charge in [0.25, 0.3) is 0 Å². The van der Waals surface area contributed by atoms with Gasteiger partial charge >= 0.3 is 12.2 Å². The number of likely N-dealkylation sites (tertiary alicyclic amines) is 1. The predicted octanol–water partition coefficient (Wildman–Crippen LogP) is 3.72. The Morgan fingerprint density at radius 2 is 1.89 bits per heavy atom. The van der Waals surface area contributed by atoms with Crippen molar-refractivity contribution in [2.75, 3.05) is 13.1 Å². The molecule has 3 atom stereocenters. The van der Waals surface area contributed by atoms with Gasteiger partial charge in [0, 0.05) is 25.0 Å². The Hall–Kier alpha value is -2.84. The average Bonchev–Trinajstić information content (AvgIpc) is 3.17. The topological polar surface area (TPSA) is 124 Å². The average molecular weight is 513 g/mol. The number of nitrogens with zero attached hydrogens (tertiary/aromatic N) is 2. The molecule has 37 heavy (non-hydrogen) atoms. The number of primary amides is 1. The number of aryl methyl sites for hydroxylation is 1. The third-order valence-electron chi connectivity index (χ3n) is 8.83. The third kappa shape index (κ3) is 5.27. The van der Waals surface area contributed by atoms with E-state index < -0.39 is 22.6 Å². The molecular weight excluding hydrogens is 472 g/mol. The van der Waals surface area contributed by atoms with E-state index in [0.717, 1.165) is 43.4 Å². The van der Waals surface area contributed by atoms with Crippen molar-refractivity contribution in [3.63, 3.8) is 0 Å². The van der Waals surface area contributed by atoms with Gasteiger partial charge in [-0.25, -0.2) is 9.59 Å². The van der Waals surface area contributed by atoms with Crippen molar-refractivity contribution >= 4 is 18.1 Å². The van der Waals surface area contributed by atoms with E-state index in [1.54, 1.807) is 11.1 Å². The predicted molar refractivity (Wildman–Crippen MR) is 136 cm³/mol. The van der Waals surface area contributed by atoms with Crippen molar-refractivity contribution in [1.82, 2.24) is 15.2 Å². The highest BCUT2D eigenvalue weighted by Gasteiger charge is 2.59. The van der Waals surface area contributed by atoms with Crippen LogP contribution in [0.15, 0.2) is 18.3 Å². The number of rotatable bonds is 5. The molecule has 9 nitrogen and oxygen atoms in total.